The molecule has 3 atom stereocenters. The summed E-state index contributed by atoms with van der Waals surface area (Å²) in [6.07, 6.45) is 2.21. The number of nitrogens with one attached hydrogen (secondary N) is 7. The van der Waals surface area contributed by atoms with Gasteiger partial charge in [0, 0.05) is 67.8 Å². The van der Waals surface area contributed by atoms with Crippen molar-refractivity contribution in [1.29, 1.82) is 0 Å². The number of aliphatic hydroxyl groups is 1. The number of nitrogens with zero attached hydrogens (tertiary/aromatic N) is 2. The molecule has 1 unspecified atom stereocenters. The Balaban J connectivity index is 0.849. The Hall–Kier alpha value is -7.79. The van der Waals surface area contributed by atoms with Crippen molar-refractivity contribution in [2.45, 2.75) is 96.1 Å². The van der Waals surface area contributed by atoms with Gasteiger partial charge in [0.1, 0.15) is 31.8 Å². The maximum absolute atomic E-state index is 14.9. The summed E-state index contributed by atoms with van der Waals surface area (Å²) < 4.78 is 27.0. The minimum Gasteiger partial charge on any atom is -0.458 e. The number of cyclic esters (lactones) is 1. The number of rotatable bonds is 23. The van der Waals surface area contributed by atoms with Crippen LogP contribution in [-0.2, 0) is 77.8 Å². The first-order valence-corrected chi connectivity index (χ1v) is 24.0. The molecule has 0 spiro atoms. The summed E-state index contributed by atoms with van der Waals surface area (Å²) in [7, 11) is 0. The van der Waals surface area contributed by atoms with Crippen molar-refractivity contribution >= 4 is 64.5 Å². The van der Waals surface area contributed by atoms with Gasteiger partial charge in [-0.2, -0.15) is 0 Å². The Bertz CT molecular complexity index is 2780. The fourth-order valence-electron chi connectivity index (χ4n) is 9.06. The van der Waals surface area contributed by atoms with Gasteiger partial charge in [-0.05, 0) is 66.7 Å². The maximum Gasteiger partial charge on any atom is 0.343 e. The van der Waals surface area contributed by atoms with Crippen molar-refractivity contribution in [2.75, 3.05) is 51.4 Å². The molecule has 1 fully saturated rings. The lowest BCUT2D eigenvalue weighted by atomic mass is 9.84. The highest BCUT2D eigenvalue weighted by Gasteiger charge is 2.47. The molecule has 8 amide bonds. The van der Waals surface area contributed by atoms with Gasteiger partial charge in [0.2, 0.25) is 47.3 Å². The molecule has 0 aliphatic carbocycles. The molecule has 1 aromatic heterocycles. The number of aromatic nitrogens is 1. The van der Waals surface area contributed by atoms with Crippen LogP contribution in [0.25, 0.3) is 5.57 Å². The van der Waals surface area contributed by atoms with Gasteiger partial charge in [0.15, 0.2) is 5.60 Å². The van der Waals surface area contributed by atoms with Gasteiger partial charge in [-0.15, -0.1) is 0 Å². The number of likely N-dealkylation sites (tertiary alicyclic amines) is 1. The second-order valence-electron chi connectivity index (χ2n) is 18.1. The Morgan fingerprint density at radius 2 is 1.56 bits per heavy atom. The van der Waals surface area contributed by atoms with Crippen LogP contribution in [-0.4, -0.2) is 120 Å². The maximum atomic E-state index is 14.9. The lowest BCUT2D eigenvalue weighted by Crippen LogP contribution is -2.52. The van der Waals surface area contributed by atoms with Crippen molar-refractivity contribution in [2.24, 2.45) is 0 Å². The van der Waals surface area contributed by atoms with Crippen molar-refractivity contribution in [1.82, 2.24) is 41.4 Å². The highest BCUT2D eigenvalue weighted by molar-refractivity contribution is 6.02. The third kappa shape index (κ3) is 12.6. The lowest BCUT2D eigenvalue weighted by molar-refractivity contribution is -0.172. The molecule has 4 aliphatic heterocycles. The summed E-state index contributed by atoms with van der Waals surface area (Å²) in [5.74, 6) is -5.44. The van der Waals surface area contributed by atoms with Crippen molar-refractivity contribution in [3.63, 3.8) is 0 Å². The summed E-state index contributed by atoms with van der Waals surface area (Å²) in [6.45, 7) is 0.896. The highest BCUT2D eigenvalue weighted by atomic mass is 19.1. The Morgan fingerprint density at radius 1 is 0.863 bits per heavy atom. The van der Waals surface area contributed by atoms with Crippen molar-refractivity contribution in [3.05, 3.63) is 104 Å². The molecule has 388 valence electrons. The molecule has 4 aliphatic rings. The van der Waals surface area contributed by atoms with Crippen LogP contribution in [0, 0.1) is 12.7 Å². The molecule has 2 aromatic carbocycles. The molecule has 0 radical (unpaired) electrons. The SMILES string of the molecule is CC[C@@]1(O)C(=O)OCc2c1cc1n(c2=O)CC2=C(CNC(=O)COCNC(=O)CNC(=O)[C@H](Cc3ccccc3)NC(=O)CNC(=O)CNC(=O)CCCCCN3C(=O)CCC3=O)c3cc(C)c(F)cc3NC21. The van der Waals surface area contributed by atoms with Gasteiger partial charge in [-0.1, -0.05) is 43.7 Å². The number of carbonyl (C=O) groups is 9. The van der Waals surface area contributed by atoms with Gasteiger partial charge in [0.25, 0.3) is 5.56 Å². The fourth-order valence-corrected chi connectivity index (χ4v) is 9.06. The number of fused-ring (bicyclic) bond motifs is 5. The third-order valence-electron chi connectivity index (χ3n) is 13.1. The zero-order valence-corrected chi connectivity index (χ0v) is 40.4. The smallest absolute Gasteiger partial charge is 0.343 e. The van der Waals surface area contributed by atoms with E-state index in [-0.39, 0.29) is 80.6 Å². The van der Waals surface area contributed by atoms with Crippen molar-refractivity contribution in [3.8, 4) is 0 Å². The molecule has 5 heterocycles. The number of aryl methyl sites for hydroxylation is 1. The minimum atomic E-state index is -2.03. The molecule has 8 N–H and O–H groups in total. The minimum absolute atomic E-state index is 0.0355. The predicted octanol–water partition coefficient (Wildman–Crippen LogP) is -0.124. The zero-order chi connectivity index (χ0) is 52.4. The van der Waals surface area contributed by atoms with E-state index in [4.69, 9.17) is 9.47 Å². The number of halogens is 1. The van der Waals surface area contributed by atoms with Crippen LogP contribution in [0.1, 0.15) is 91.4 Å². The normalized spacial score (nSPS) is 17.8. The first-order valence-electron chi connectivity index (χ1n) is 24.0. The third-order valence-corrected chi connectivity index (χ3v) is 13.1. The topological polar surface area (TPSA) is 302 Å². The molecule has 22 nitrogen and oxygen atoms in total. The number of pyridine rings is 1. The Kier molecular flexibility index (Phi) is 17.2. The largest absolute Gasteiger partial charge is 0.458 e. The van der Waals surface area contributed by atoms with E-state index in [1.165, 1.54) is 15.5 Å². The quantitative estimate of drug-likeness (QED) is 0.0266. The average Bonchev–Trinajstić information content (AvgIpc) is 3.91. The summed E-state index contributed by atoms with van der Waals surface area (Å²) in [5.41, 5.74) is 1.63. The first kappa shape index (κ1) is 53.0. The lowest BCUT2D eigenvalue weighted by Gasteiger charge is -2.32. The van der Waals surface area contributed by atoms with Gasteiger partial charge >= 0.3 is 5.97 Å². The van der Waals surface area contributed by atoms with E-state index < -0.39 is 97.5 Å². The number of ether oxygens (including phenoxy) is 2. The molecule has 23 heteroatoms. The second kappa shape index (κ2) is 23.6. The van der Waals surface area contributed by atoms with E-state index in [2.05, 4.69) is 37.2 Å². The van der Waals surface area contributed by atoms with Crippen LogP contribution in [0.15, 0.2) is 58.9 Å². The highest BCUT2D eigenvalue weighted by Crippen LogP contribution is 2.46. The molecular formula is C50H58FN9O13. The summed E-state index contributed by atoms with van der Waals surface area (Å²) >= 11 is 0. The number of esters is 1. The van der Waals surface area contributed by atoms with E-state index in [1.54, 1.807) is 56.3 Å². The zero-order valence-electron chi connectivity index (χ0n) is 40.4. The number of hydrogen-bond donors (Lipinski definition) is 8. The summed E-state index contributed by atoms with van der Waals surface area (Å²) in [5, 5.41) is 29.7. The Morgan fingerprint density at radius 3 is 2.30 bits per heavy atom. The molecule has 0 bridgehead atoms. The molecule has 0 saturated carbocycles. The van der Waals surface area contributed by atoms with Gasteiger partial charge in [-0.25, -0.2) is 9.18 Å². The van der Waals surface area contributed by atoms with E-state index in [9.17, 15) is 57.4 Å². The van der Waals surface area contributed by atoms with Crippen LogP contribution >= 0.6 is 0 Å². The van der Waals surface area contributed by atoms with E-state index in [0.29, 0.717) is 65.0 Å². The second-order valence-corrected chi connectivity index (χ2v) is 18.1. The summed E-state index contributed by atoms with van der Waals surface area (Å²) in [6, 6.07) is 11.5. The fraction of sp³-hybridized carbons (Fsp3) is 0.440. The first-order chi connectivity index (χ1) is 35.0. The Labute approximate surface area is 418 Å². The van der Waals surface area contributed by atoms with Gasteiger partial charge in [0.05, 0.1) is 31.2 Å². The molecule has 7 rings (SSSR count). The van der Waals surface area contributed by atoms with Crippen LogP contribution in [0.3, 0.4) is 0 Å². The number of anilines is 1. The number of unbranched alkanes of at least 4 members (excludes halogenated alkanes) is 2. The number of imide groups is 1. The van der Waals surface area contributed by atoms with Gasteiger partial charge < -0.3 is 56.4 Å². The molecule has 3 aromatic rings. The van der Waals surface area contributed by atoms with Crippen LogP contribution < -0.4 is 42.8 Å². The van der Waals surface area contributed by atoms with E-state index in [0.717, 1.165) is 0 Å². The average molecular weight is 1010 g/mol. The standard InChI is InChI=1S/C50H58FN9O13/c1-3-50(71)34-18-38-46-32(24-60(38)48(69)33(34)25-73-49(50)70)31(30-16-28(2)35(51)19-36(30)58-46)20-52-43(65)26-72-27-56-41(63)22-55-47(68)37(17-29-10-6-4-7-11-29)57-42(64)23-54-40(62)21-53-39(61)12-8-5-9-15-59-44(66)13-14-45(59)67/h4,6-7,10-11,16,18-19,37,46,58,71H,3,5,8-9,12-15,17,20-27H2,1-2H3,(H,52,65)(H,53,61)(H,54,62)(H,55,68)(H,56,63)(H,57,64)/t37-,46?,50-/m0/s1. The van der Waals surface area contributed by atoms with Crippen LogP contribution in [0.5, 0.6) is 0 Å². The number of hydrogen-bond acceptors (Lipinski definition) is 14. The van der Waals surface area contributed by atoms with Gasteiger partial charge in [-0.3, -0.25) is 48.1 Å². The monoisotopic (exact) mass is 1010 g/mol. The molecule has 1 saturated heterocycles. The molecular weight excluding hydrogens is 954 g/mol. The molecule has 73 heavy (non-hydrogen) atoms. The predicted molar refractivity (Wildman–Crippen MR) is 257 cm³/mol. The van der Waals surface area contributed by atoms with Crippen LogP contribution in [0.4, 0.5) is 10.1 Å². The van der Waals surface area contributed by atoms with E-state index in [1.807, 2.05) is 0 Å². The van der Waals surface area contributed by atoms with Crippen LogP contribution in [0.2, 0.25) is 0 Å². The number of benzene rings is 2. The number of amides is 8. The van der Waals surface area contributed by atoms with E-state index >= 15 is 0 Å². The number of carbonyl (C=O) groups excluding carboxylic acids is 9. The van der Waals surface area contributed by atoms with Crippen molar-refractivity contribution < 1.29 is 62.1 Å². The summed E-state index contributed by atoms with van der Waals surface area (Å²) in [4.78, 5) is 128.